The molecule has 0 radical (unpaired) electrons. The van der Waals surface area contributed by atoms with E-state index in [0.717, 1.165) is 68.8 Å². The van der Waals surface area contributed by atoms with Crippen LogP contribution in [0.4, 0.5) is 5.82 Å². The fourth-order valence-electron chi connectivity index (χ4n) is 4.14. The van der Waals surface area contributed by atoms with Gasteiger partial charge in [0.25, 0.3) is 0 Å². The first-order valence-electron chi connectivity index (χ1n) is 11.1. The summed E-state index contributed by atoms with van der Waals surface area (Å²) in [6.45, 7) is 13.1. The van der Waals surface area contributed by atoms with Crippen molar-refractivity contribution in [3.05, 3.63) is 18.2 Å². The molecule has 172 valence electrons. The average Bonchev–Trinajstić information content (AvgIpc) is 3.06. The van der Waals surface area contributed by atoms with E-state index in [4.69, 9.17) is 5.10 Å². The van der Waals surface area contributed by atoms with Crippen molar-refractivity contribution in [1.82, 2.24) is 19.6 Å². The van der Waals surface area contributed by atoms with Gasteiger partial charge in [0, 0.05) is 18.5 Å². The van der Waals surface area contributed by atoms with Crippen molar-refractivity contribution in [2.45, 2.75) is 52.5 Å². The Morgan fingerprint density at radius 1 is 1.03 bits per heavy atom. The van der Waals surface area contributed by atoms with Crippen LogP contribution < -0.4 is 5.32 Å². The Morgan fingerprint density at radius 2 is 1.77 bits per heavy atom. The van der Waals surface area contributed by atoms with Crippen LogP contribution in [0.1, 0.15) is 46.0 Å². The largest absolute Gasteiger partial charge is 0.508 e. The second kappa shape index (κ2) is 14.0. The summed E-state index contributed by atoms with van der Waals surface area (Å²) in [5, 5.41) is 19.3. The number of hydrogen-bond acceptors (Lipinski definition) is 5. The van der Waals surface area contributed by atoms with E-state index in [-0.39, 0.29) is 24.8 Å². The summed E-state index contributed by atoms with van der Waals surface area (Å²) in [7, 11) is 0. The molecule has 1 aromatic heterocycles. The maximum absolute atomic E-state index is 9.94. The molecular weight excluding hydrogens is 421 g/mol. The molecule has 0 aliphatic carbocycles. The van der Waals surface area contributed by atoms with Crippen LogP contribution in [0, 0.1) is 0 Å². The molecule has 0 bridgehead atoms. The Labute approximate surface area is 193 Å². The highest BCUT2D eigenvalue weighted by atomic mass is 35.5. The number of aryl methyl sites for hydroxylation is 1. The molecule has 0 amide bonds. The lowest BCUT2D eigenvalue weighted by Crippen LogP contribution is -2.31. The molecule has 2 N–H and O–H groups in total. The van der Waals surface area contributed by atoms with Crippen LogP contribution in [0.15, 0.2) is 18.2 Å². The first kappa shape index (κ1) is 26.8. The van der Waals surface area contributed by atoms with Crippen molar-refractivity contribution in [3.63, 3.8) is 0 Å². The number of halogens is 2. The maximum atomic E-state index is 9.94. The highest BCUT2D eigenvalue weighted by Crippen LogP contribution is 2.27. The molecule has 0 saturated carbocycles. The van der Waals surface area contributed by atoms with E-state index >= 15 is 0 Å². The van der Waals surface area contributed by atoms with Crippen LogP contribution in [0.3, 0.4) is 0 Å². The Morgan fingerprint density at radius 3 is 2.47 bits per heavy atom. The van der Waals surface area contributed by atoms with E-state index in [0.29, 0.717) is 5.75 Å². The number of benzene rings is 1. The lowest BCUT2D eigenvalue weighted by molar-refractivity contribution is 0.222. The molecule has 0 atom stereocenters. The summed E-state index contributed by atoms with van der Waals surface area (Å²) in [5.74, 6) is 1.19. The minimum atomic E-state index is 0. The topological polar surface area (TPSA) is 56.6 Å². The summed E-state index contributed by atoms with van der Waals surface area (Å²) < 4.78 is 2.10. The highest BCUT2D eigenvalue weighted by molar-refractivity contribution is 5.91. The quantitative estimate of drug-likeness (QED) is 0.480. The Hall–Kier alpha value is -1.21. The second-order valence-electron chi connectivity index (χ2n) is 7.84. The van der Waals surface area contributed by atoms with Gasteiger partial charge in [-0.05, 0) is 83.2 Å². The lowest BCUT2D eigenvalue weighted by atomic mass is 10.1. The molecule has 2 heterocycles. The number of aromatic nitrogens is 2. The predicted molar refractivity (Wildman–Crippen MR) is 132 cm³/mol. The van der Waals surface area contributed by atoms with Gasteiger partial charge in [-0.1, -0.05) is 20.3 Å². The van der Waals surface area contributed by atoms with Gasteiger partial charge in [0.1, 0.15) is 5.75 Å². The average molecular weight is 460 g/mol. The molecule has 3 rings (SSSR count). The molecule has 1 saturated heterocycles. The molecule has 8 heteroatoms. The van der Waals surface area contributed by atoms with E-state index in [1.807, 2.05) is 12.1 Å². The molecule has 1 aliphatic heterocycles. The standard InChI is InChI=1S/C22H37N5O.2ClH/c1-3-25(4-2)15-8-12-23-22-20-18-19(28)10-11-21(20)27(24-22)17-9-16-26-13-6-5-7-14-26;;/h10-11,18,28H,3-9,12-17H2,1-2H3,(H,23,24);2*1H. The summed E-state index contributed by atoms with van der Waals surface area (Å²) in [4.78, 5) is 5.01. The number of nitrogens with one attached hydrogen (secondary N) is 1. The number of phenolic OH excluding ortho intramolecular Hbond substituents is 1. The summed E-state index contributed by atoms with van der Waals surface area (Å²) in [6, 6.07) is 5.57. The molecule has 6 nitrogen and oxygen atoms in total. The van der Waals surface area contributed by atoms with Crippen LogP contribution in [-0.4, -0.2) is 70.5 Å². The van der Waals surface area contributed by atoms with E-state index in [2.05, 4.69) is 33.6 Å². The van der Waals surface area contributed by atoms with Gasteiger partial charge < -0.3 is 20.2 Å². The van der Waals surface area contributed by atoms with Gasteiger partial charge in [-0.2, -0.15) is 5.10 Å². The smallest absolute Gasteiger partial charge is 0.156 e. The third-order valence-electron chi connectivity index (χ3n) is 5.86. The number of anilines is 1. The fraction of sp³-hybridized carbons (Fsp3) is 0.682. The van der Waals surface area contributed by atoms with Crippen molar-refractivity contribution in [2.24, 2.45) is 0 Å². The Balaban J connectivity index is 0.00000225. The van der Waals surface area contributed by atoms with Crippen LogP contribution >= 0.6 is 24.8 Å². The van der Waals surface area contributed by atoms with Crippen LogP contribution in [0.2, 0.25) is 0 Å². The molecule has 30 heavy (non-hydrogen) atoms. The van der Waals surface area contributed by atoms with Crippen LogP contribution in [-0.2, 0) is 6.54 Å². The van der Waals surface area contributed by atoms with Crippen molar-refractivity contribution in [3.8, 4) is 5.75 Å². The monoisotopic (exact) mass is 459 g/mol. The molecule has 1 fully saturated rings. The summed E-state index contributed by atoms with van der Waals surface area (Å²) in [5.41, 5.74) is 1.10. The van der Waals surface area contributed by atoms with E-state index in [1.54, 1.807) is 6.07 Å². The predicted octanol–water partition coefficient (Wildman–Crippen LogP) is 4.61. The van der Waals surface area contributed by atoms with E-state index in [9.17, 15) is 5.11 Å². The van der Waals surface area contributed by atoms with Crippen molar-refractivity contribution < 1.29 is 5.11 Å². The van der Waals surface area contributed by atoms with Gasteiger partial charge in [-0.25, -0.2) is 0 Å². The van der Waals surface area contributed by atoms with Gasteiger partial charge in [0.2, 0.25) is 0 Å². The number of hydrogen-bond donors (Lipinski definition) is 2. The molecular formula is C22H39Cl2N5O. The van der Waals surface area contributed by atoms with Gasteiger partial charge in [-0.15, -0.1) is 24.8 Å². The van der Waals surface area contributed by atoms with Gasteiger partial charge in [-0.3, -0.25) is 4.68 Å². The Kier molecular flexibility index (Phi) is 12.5. The zero-order valence-corrected chi connectivity index (χ0v) is 20.1. The molecule has 0 spiro atoms. The first-order chi connectivity index (χ1) is 13.7. The highest BCUT2D eigenvalue weighted by Gasteiger charge is 2.13. The van der Waals surface area contributed by atoms with E-state index in [1.165, 1.54) is 32.4 Å². The van der Waals surface area contributed by atoms with Gasteiger partial charge in [0.15, 0.2) is 5.82 Å². The zero-order valence-electron chi connectivity index (χ0n) is 18.5. The second-order valence-corrected chi connectivity index (χ2v) is 7.84. The number of phenols is 1. The number of fused-ring (bicyclic) bond motifs is 1. The van der Waals surface area contributed by atoms with Crippen molar-refractivity contribution >= 4 is 41.5 Å². The number of likely N-dealkylation sites (tertiary alicyclic amines) is 1. The normalized spacial score (nSPS) is 14.5. The van der Waals surface area contributed by atoms with Crippen molar-refractivity contribution in [2.75, 3.05) is 51.1 Å². The summed E-state index contributed by atoms with van der Waals surface area (Å²) >= 11 is 0. The van der Waals surface area contributed by atoms with Crippen molar-refractivity contribution in [1.29, 1.82) is 0 Å². The molecule has 1 aliphatic rings. The number of aromatic hydroxyl groups is 1. The van der Waals surface area contributed by atoms with Crippen LogP contribution in [0.5, 0.6) is 5.75 Å². The molecule has 2 aromatic rings. The third-order valence-corrected chi connectivity index (χ3v) is 5.86. The molecule has 1 aromatic carbocycles. The fourth-order valence-corrected chi connectivity index (χ4v) is 4.14. The number of piperidine rings is 1. The lowest BCUT2D eigenvalue weighted by Gasteiger charge is -2.26. The minimum absolute atomic E-state index is 0. The van der Waals surface area contributed by atoms with Crippen LogP contribution in [0.25, 0.3) is 10.9 Å². The molecule has 0 unspecified atom stereocenters. The summed E-state index contributed by atoms with van der Waals surface area (Å²) in [6.07, 6.45) is 6.26. The number of rotatable bonds is 11. The maximum Gasteiger partial charge on any atom is 0.156 e. The first-order valence-corrected chi connectivity index (χ1v) is 11.1. The third kappa shape index (κ3) is 7.49. The Bertz CT molecular complexity index is 730. The van der Waals surface area contributed by atoms with Gasteiger partial charge >= 0.3 is 0 Å². The SMILES string of the molecule is CCN(CC)CCCNc1nn(CCCN2CCCCC2)c2ccc(O)cc12.Cl.Cl. The zero-order chi connectivity index (χ0) is 19.8. The minimum Gasteiger partial charge on any atom is -0.508 e. The number of nitrogens with zero attached hydrogens (tertiary/aromatic N) is 4. The van der Waals surface area contributed by atoms with Gasteiger partial charge in [0.05, 0.1) is 5.52 Å². The van der Waals surface area contributed by atoms with E-state index < -0.39 is 0 Å².